The summed E-state index contributed by atoms with van der Waals surface area (Å²) in [5, 5.41) is 2.31. The van der Waals surface area contributed by atoms with Gasteiger partial charge in [0.15, 0.2) is 10.8 Å². The Labute approximate surface area is 167 Å². The second kappa shape index (κ2) is 8.26. The minimum Gasteiger partial charge on any atom is -0.454 e. The van der Waals surface area contributed by atoms with E-state index in [0.29, 0.717) is 10.8 Å². The summed E-state index contributed by atoms with van der Waals surface area (Å²) in [7, 11) is 0. The molecule has 144 valence electrons. The van der Waals surface area contributed by atoms with Crippen LogP contribution in [-0.2, 0) is 16.1 Å². The number of aryl methyl sites for hydroxylation is 3. The van der Waals surface area contributed by atoms with Crippen LogP contribution in [0.15, 0.2) is 36.1 Å². The quantitative estimate of drug-likeness (QED) is 0.608. The van der Waals surface area contributed by atoms with E-state index < -0.39 is 5.97 Å². The zero-order valence-electron chi connectivity index (χ0n) is 16.1. The number of nitrogens with zero attached hydrogens (tertiary/aromatic N) is 4. The number of aromatic nitrogens is 3. The number of anilines is 2. The lowest BCUT2D eigenvalue weighted by molar-refractivity contribution is -0.115. The molecular weight excluding hydrogens is 376 g/mol. The maximum absolute atomic E-state index is 12.4. The summed E-state index contributed by atoms with van der Waals surface area (Å²) in [6, 6.07) is 4.07. The molecule has 28 heavy (non-hydrogen) atoms. The number of thiazole rings is 1. The number of benzene rings is 1. The predicted octanol–water partition coefficient (Wildman–Crippen LogP) is 3.90. The summed E-state index contributed by atoms with van der Waals surface area (Å²) >= 11 is 1.32. The first-order valence-electron chi connectivity index (χ1n) is 8.63. The van der Waals surface area contributed by atoms with Gasteiger partial charge in [0.1, 0.15) is 6.61 Å². The number of carbonyl (C=O) groups is 2. The maximum atomic E-state index is 12.4. The highest BCUT2D eigenvalue weighted by molar-refractivity contribution is 7.14. The monoisotopic (exact) mass is 396 g/mol. The van der Waals surface area contributed by atoms with Gasteiger partial charge in [-0.05, 0) is 31.9 Å². The zero-order valence-corrected chi connectivity index (χ0v) is 16.9. The van der Waals surface area contributed by atoms with Crippen molar-refractivity contribution >= 4 is 34.0 Å². The molecule has 0 aliphatic carbocycles. The van der Waals surface area contributed by atoms with E-state index in [9.17, 15) is 9.59 Å². The molecule has 2 aromatic heterocycles. The van der Waals surface area contributed by atoms with E-state index in [1.165, 1.54) is 36.9 Å². The third-order valence-corrected chi connectivity index (χ3v) is 4.90. The lowest BCUT2D eigenvalue weighted by atomic mass is 10.0. The first-order valence-corrected chi connectivity index (χ1v) is 9.51. The summed E-state index contributed by atoms with van der Waals surface area (Å²) in [5.74, 6) is -0.705. The first kappa shape index (κ1) is 19.6. The lowest BCUT2D eigenvalue weighted by Gasteiger charge is -2.23. The van der Waals surface area contributed by atoms with Crippen LogP contribution in [0.1, 0.15) is 39.8 Å². The number of rotatable bonds is 5. The van der Waals surface area contributed by atoms with Crippen LogP contribution in [0, 0.1) is 20.8 Å². The molecule has 3 rings (SSSR count). The van der Waals surface area contributed by atoms with Gasteiger partial charge in [-0.3, -0.25) is 14.7 Å². The topological polar surface area (TPSA) is 85.3 Å². The molecule has 0 saturated carbocycles. The Balaban J connectivity index is 1.81. The molecule has 0 atom stereocenters. The molecular formula is C20H20N4O3S. The second-order valence-corrected chi connectivity index (χ2v) is 7.23. The highest BCUT2D eigenvalue weighted by atomic mass is 32.1. The molecule has 0 aliphatic rings. The van der Waals surface area contributed by atoms with Crippen LogP contribution in [0.5, 0.6) is 0 Å². The fourth-order valence-corrected chi connectivity index (χ4v) is 3.85. The fourth-order valence-electron chi connectivity index (χ4n) is 3.00. The Morgan fingerprint density at radius 3 is 2.46 bits per heavy atom. The number of ether oxygens (including phenoxy) is 1. The fraction of sp³-hybridized carbons (Fsp3) is 0.250. The molecule has 8 heteroatoms. The largest absolute Gasteiger partial charge is 0.454 e. The third-order valence-electron chi connectivity index (χ3n) is 4.03. The van der Waals surface area contributed by atoms with Crippen molar-refractivity contribution < 1.29 is 14.3 Å². The summed E-state index contributed by atoms with van der Waals surface area (Å²) < 4.78 is 5.24. The zero-order chi connectivity index (χ0) is 20.3. The Hall–Kier alpha value is -3.13. The molecule has 0 N–H and O–H groups in total. The van der Waals surface area contributed by atoms with E-state index in [2.05, 4.69) is 15.0 Å². The van der Waals surface area contributed by atoms with Gasteiger partial charge in [0.05, 0.1) is 17.6 Å². The van der Waals surface area contributed by atoms with Gasteiger partial charge in [-0.1, -0.05) is 17.7 Å². The molecule has 3 aromatic rings. The van der Waals surface area contributed by atoms with E-state index in [1.807, 2.05) is 32.9 Å². The molecule has 0 spiro atoms. The van der Waals surface area contributed by atoms with E-state index in [-0.39, 0.29) is 18.2 Å². The van der Waals surface area contributed by atoms with E-state index in [0.717, 1.165) is 22.4 Å². The lowest BCUT2D eigenvalue weighted by Crippen LogP contribution is -2.24. The Morgan fingerprint density at radius 2 is 1.86 bits per heavy atom. The highest BCUT2D eigenvalue weighted by Crippen LogP contribution is 2.34. The predicted molar refractivity (Wildman–Crippen MR) is 107 cm³/mol. The molecule has 0 saturated heterocycles. The number of esters is 1. The Morgan fingerprint density at radius 1 is 1.14 bits per heavy atom. The van der Waals surface area contributed by atoms with Crippen LogP contribution >= 0.6 is 11.3 Å². The molecule has 0 radical (unpaired) electrons. The SMILES string of the molecule is CC(=O)N(c1nc(COC(=O)c2cnccn2)cs1)c1c(C)cc(C)cc1C. The number of hydrogen-bond acceptors (Lipinski definition) is 7. The van der Waals surface area contributed by atoms with E-state index in [1.54, 1.807) is 10.3 Å². The van der Waals surface area contributed by atoms with Gasteiger partial charge < -0.3 is 4.74 Å². The molecule has 0 unspecified atom stereocenters. The summed E-state index contributed by atoms with van der Waals surface area (Å²) in [6.07, 6.45) is 4.25. The van der Waals surface area contributed by atoms with Crippen LogP contribution in [0.3, 0.4) is 0 Å². The minimum atomic E-state index is -0.573. The minimum absolute atomic E-state index is 0.0104. The number of amides is 1. The Kier molecular flexibility index (Phi) is 5.79. The highest BCUT2D eigenvalue weighted by Gasteiger charge is 2.22. The molecule has 7 nitrogen and oxygen atoms in total. The third kappa shape index (κ3) is 4.23. The van der Waals surface area contributed by atoms with Crippen molar-refractivity contribution in [3.05, 3.63) is 64.2 Å². The van der Waals surface area contributed by atoms with E-state index in [4.69, 9.17) is 4.74 Å². The normalized spacial score (nSPS) is 10.6. The van der Waals surface area contributed by atoms with Gasteiger partial charge in [0.2, 0.25) is 5.91 Å². The Bertz CT molecular complexity index is 994. The van der Waals surface area contributed by atoms with Crippen LogP contribution in [0.4, 0.5) is 10.8 Å². The van der Waals surface area contributed by atoms with Crippen molar-refractivity contribution in [2.24, 2.45) is 0 Å². The van der Waals surface area contributed by atoms with Crippen LogP contribution in [0.25, 0.3) is 0 Å². The maximum Gasteiger partial charge on any atom is 0.358 e. The van der Waals surface area contributed by atoms with Gasteiger partial charge in [-0.15, -0.1) is 11.3 Å². The van der Waals surface area contributed by atoms with Gasteiger partial charge in [-0.25, -0.2) is 14.8 Å². The molecule has 0 fully saturated rings. The van der Waals surface area contributed by atoms with Crippen LogP contribution < -0.4 is 4.90 Å². The molecule has 0 aliphatic heterocycles. The molecule has 1 aromatic carbocycles. The standard InChI is InChI=1S/C20H20N4O3S/c1-12-7-13(2)18(14(3)8-12)24(15(4)25)20-23-16(11-28-20)10-27-19(26)17-9-21-5-6-22-17/h5-9,11H,10H2,1-4H3. The van der Waals surface area contributed by atoms with Crippen molar-refractivity contribution in [1.82, 2.24) is 15.0 Å². The smallest absolute Gasteiger partial charge is 0.358 e. The van der Waals surface area contributed by atoms with Crippen molar-refractivity contribution in [2.75, 3.05) is 4.90 Å². The van der Waals surface area contributed by atoms with E-state index >= 15 is 0 Å². The van der Waals surface area contributed by atoms with Crippen LogP contribution in [0.2, 0.25) is 0 Å². The summed E-state index contributed by atoms with van der Waals surface area (Å²) in [4.78, 5) is 38.2. The number of carbonyl (C=O) groups excluding carboxylic acids is 2. The van der Waals surface area contributed by atoms with Crippen molar-refractivity contribution in [3.8, 4) is 0 Å². The average molecular weight is 396 g/mol. The van der Waals surface area contributed by atoms with Gasteiger partial charge in [0.25, 0.3) is 0 Å². The average Bonchev–Trinajstić information content (AvgIpc) is 3.11. The molecule has 2 heterocycles. The second-order valence-electron chi connectivity index (χ2n) is 6.39. The molecule has 1 amide bonds. The number of hydrogen-bond donors (Lipinski definition) is 0. The first-order chi connectivity index (χ1) is 13.4. The van der Waals surface area contributed by atoms with Gasteiger partial charge in [-0.2, -0.15) is 0 Å². The van der Waals surface area contributed by atoms with Crippen molar-refractivity contribution in [3.63, 3.8) is 0 Å². The summed E-state index contributed by atoms with van der Waals surface area (Å²) in [5.41, 5.74) is 4.66. The summed E-state index contributed by atoms with van der Waals surface area (Å²) in [6.45, 7) is 7.47. The van der Waals surface area contributed by atoms with Crippen molar-refractivity contribution in [1.29, 1.82) is 0 Å². The van der Waals surface area contributed by atoms with Gasteiger partial charge >= 0.3 is 5.97 Å². The van der Waals surface area contributed by atoms with Crippen LogP contribution in [-0.4, -0.2) is 26.8 Å². The van der Waals surface area contributed by atoms with Crippen molar-refractivity contribution in [2.45, 2.75) is 34.3 Å². The van der Waals surface area contributed by atoms with Gasteiger partial charge in [0, 0.05) is 24.7 Å². The molecule has 0 bridgehead atoms.